The van der Waals surface area contributed by atoms with Gasteiger partial charge in [-0.1, -0.05) is 6.92 Å². The minimum Gasteiger partial charge on any atom is -0.356 e. The lowest BCUT2D eigenvalue weighted by Crippen LogP contribution is -2.58. The summed E-state index contributed by atoms with van der Waals surface area (Å²) in [5.74, 6) is 1.02. The Morgan fingerprint density at radius 2 is 1.92 bits per heavy atom. The molecule has 204 valence electrons. The Bertz CT molecular complexity index is 1410. The predicted octanol–water partition coefficient (Wildman–Crippen LogP) is 3.54. The summed E-state index contributed by atoms with van der Waals surface area (Å²) in [6, 6.07) is 1.02. The summed E-state index contributed by atoms with van der Waals surface area (Å²) < 4.78 is 49.2. The Hall–Kier alpha value is -3.22. The molecule has 0 aliphatic carbocycles. The van der Waals surface area contributed by atoms with E-state index < -0.39 is 11.9 Å². The highest BCUT2D eigenvalue weighted by Crippen LogP contribution is 2.43. The molecule has 3 fully saturated rings. The van der Waals surface area contributed by atoms with Crippen LogP contribution in [-0.4, -0.2) is 62.1 Å². The number of aromatic nitrogens is 6. The number of fused-ring (bicyclic) bond motifs is 1. The first-order valence-corrected chi connectivity index (χ1v) is 13.2. The van der Waals surface area contributed by atoms with E-state index in [1.54, 1.807) is 15.4 Å². The summed E-state index contributed by atoms with van der Waals surface area (Å²) >= 11 is 0. The number of halogens is 3. The van der Waals surface area contributed by atoms with E-state index >= 15 is 0 Å². The van der Waals surface area contributed by atoms with Crippen LogP contribution in [0.1, 0.15) is 56.8 Å². The molecule has 1 atom stereocenters. The minimum atomic E-state index is -4.52. The summed E-state index contributed by atoms with van der Waals surface area (Å²) in [5, 5.41) is 4.96. The number of hydrogen-bond donors (Lipinski definition) is 0. The average molecular weight is 533 g/mol. The minimum absolute atomic E-state index is 0.100. The molecule has 6 heterocycles. The number of alkyl halides is 3. The van der Waals surface area contributed by atoms with Crippen LogP contribution in [-0.2, 0) is 17.5 Å². The van der Waals surface area contributed by atoms with Crippen molar-refractivity contribution < 1.29 is 17.9 Å². The van der Waals surface area contributed by atoms with Gasteiger partial charge in [-0.2, -0.15) is 23.3 Å². The van der Waals surface area contributed by atoms with Gasteiger partial charge in [0.1, 0.15) is 22.7 Å². The van der Waals surface area contributed by atoms with Gasteiger partial charge in [0, 0.05) is 50.8 Å². The van der Waals surface area contributed by atoms with Gasteiger partial charge in [-0.25, -0.2) is 14.6 Å². The fourth-order valence-electron chi connectivity index (χ4n) is 5.95. The average Bonchev–Trinajstić information content (AvgIpc) is 3.50. The first-order valence-electron chi connectivity index (χ1n) is 13.2. The molecule has 0 bridgehead atoms. The summed E-state index contributed by atoms with van der Waals surface area (Å²) in [5.41, 5.74) is -0.597. The van der Waals surface area contributed by atoms with Gasteiger partial charge >= 0.3 is 6.18 Å². The van der Waals surface area contributed by atoms with E-state index in [-0.39, 0.29) is 23.0 Å². The monoisotopic (exact) mass is 532 g/mol. The van der Waals surface area contributed by atoms with Gasteiger partial charge in [0.2, 0.25) is 5.95 Å². The zero-order chi connectivity index (χ0) is 26.7. The Balaban J connectivity index is 1.27. The molecule has 10 nitrogen and oxygen atoms in total. The zero-order valence-corrected chi connectivity index (χ0v) is 21.5. The molecule has 6 rings (SSSR count). The third-order valence-electron chi connectivity index (χ3n) is 7.78. The molecule has 0 N–H and O–H groups in total. The Morgan fingerprint density at radius 3 is 2.63 bits per heavy atom. The van der Waals surface area contributed by atoms with Gasteiger partial charge in [-0.3, -0.25) is 9.36 Å². The zero-order valence-electron chi connectivity index (χ0n) is 21.5. The number of aryl methyl sites for hydroxylation is 1. The number of rotatable bonds is 5. The summed E-state index contributed by atoms with van der Waals surface area (Å²) in [6.45, 7) is 7.25. The first-order chi connectivity index (χ1) is 18.2. The van der Waals surface area contributed by atoms with Crippen LogP contribution >= 0.6 is 0 Å². The third kappa shape index (κ3) is 4.30. The third-order valence-corrected chi connectivity index (χ3v) is 7.78. The van der Waals surface area contributed by atoms with Crippen LogP contribution in [0.3, 0.4) is 0 Å². The van der Waals surface area contributed by atoms with E-state index in [2.05, 4.69) is 20.0 Å². The van der Waals surface area contributed by atoms with Crippen molar-refractivity contribution in [2.45, 2.75) is 64.9 Å². The van der Waals surface area contributed by atoms with Crippen molar-refractivity contribution in [3.8, 4) is 0 Å². The van der Waals surface area contributed by atoms with Crippen LogP contribution in [0.2, 0.25) is 0 Å². The van der Waals surface area contributed by atoms with Crippen molar-refractivity contribution in [3.05, 3.63) is 34.1 Å². The van der Waals surface area contributed by atoms with E-state index in [1.165, 1.54) is 6.92 Å². The van der Waals surface area contributed by atoms with Crippen LogP contribution in [0.25, 0.3) is 11.0 Å². The standard InChI is InChI=1S/C25H31F3N8O2/c1-3-8-35-22(37)17-12-29-36(20-6-4-5-10-38-20)21(17)32-23(35)33-9-7-24(13-33)14-34(15-24)19-11-18(25(26,27)28)30-16(2)31-19/h11-12,20H,3-10,13-15H2,1-2H3. The lowest BCUT2D eigenvalue weighted by atomic mass is 9.79. The summed E-state index contributed by atoms with van der Waals surface area (Å²) in [6.07, 6.45) is 1.35. The van der Waals surface area contributed by atoms with Crippen molar-refractivity contribution >= 4 is 22.8 Å². The molecule has 0 aromatic carbocycles. The Labute approximate surface area is 217 Å². The fourth-order valence-corrected chi connectivity index (χ4v) is 5.95. The lowest BCUT2D eigenvalue weighted by Gasteiger charge is -2.48. The van der Waals surface area contributed by atoms with Crippen LogP contribution in [0.15, 0.2) is 17.1 Å². The molecule has 3 aromatic heterocycles. The molecule has 0 saturated carbocycles. The van der Waals surface area contributed by atoms with Crippen molar-refractivity contribution in [2.24, 2.45) is 5.41 Å². The van der Waals surface area contributed by atoms with E-state index in [0.29, 0.717) is 62.1 Å². The smallest absolute Gasteiger partial charge is 0.356 e. The molecule has 13 heteroatoms. The molecule has 3 saturated heterocycles. The second kappa shape index (κ2) is 9.21. The molecular weight excluding hydrogens is 501 g/mol. The quantitative estimate of drug-likeness (QED) is 0.493. The number of hydrogen-bond acceptors (Lipinski definition) is 8. The molecule has 3 aliphatic rings. The van der Waals surface area contributed by atoms with Crippen LogP contribution in [0.5, 0.6) is 0 Å². The second-order valence-electron chi connectivity index (χ2n) is 10.7. The summed E-state index contributed by atoms with van der Waals surface area (Å²) in [4.78, 5) is 30.3. The van der Waals surface area contributed by atoms with Crippen molar-refractivity contribution in [2.75, 3.05) is 42.6 Å². The van der Waals surface area contributed by atoms with Crippen molar-refractivity contribution in [1.29, 1.82) is 0 Å². The SMILES string of the molecule is CCCn1c(N2CCC3(CN(c4cc(C(F)(F)F)nc(C)n4)C3)C2)nc2c(cnn2C2CCCCO2)c1=O. The topological polar surface area (TPSA) is 94.2 Å². The molecule has 38 heavy (non-hydrogen) atoms. The molecule has 1 unspecified atom stereocenters. The van der Waals surface area contributed by atoms with Gasteiger partial charge in [-0.05, 0) is 39.0 Å². The van der Waals surface area contributed by atoms with Crippen LogP contribution in [0, 0.1) is 12.3 Å². The van der Waals surface area contributed by atoms with E-state index in [0.717, 1.165) is 38.2 Å². The van der Waals surface area contributed by atoms with Crippen molar-refractivity contribution in [1.82, 2.24) is 29.3 Å². The largest absolute Gasteiger partial charge is 0.433 e. The van der Waals surface area contributed by atoms with E-state index in [9.17, 15) is 18.0 Å². The molecule has 3 aliphatic heterocycles. The Morgan fingerprint density at radius 1 is 1.13 bits per heavy atom. The normalized spacial score (nSPS) is 21.4. The molecule has 1 spiro atoms. The van der Waals surface area contributed by atoms with Gasteiger partial charge in [0.25, 0.3) is 5.56 Å². The van der Waals surface area contributed by atoms with Crippen LogP contribution < -0.4 is 15.4 Å². The predicted molar refractivity (Wildman–Crippen MR) is 134 cm³/mol. The number of nitrogens with zero attached hydrogens (tertiary/aromatic N) is 8. The molecule has 0 radical (unpaired) electrons. The summed E-state index contributed by atoms with van der Waals surface area (Å²) in [7, 11) is 0. The number of anilines is 2. The van der Waals surface area contributed by atoms with Gasteiger partial charge in [0.15, 0.2) is 11.9 Å². The maximum Gasteiger partial charge on any atom is 0.433 e. The highest BCUT2D eigenvalue weighted by atomic mass is 19.4. The van der Waals surface area contributed by atoms with Gasteiger partial charge in [-0.15, -0.1) is 0 Å². The number of ether oxygens (including phenoxy) is 1. The second-order valence-corrected chi connectivity index (χ2v) is 10.7. The maximum atomic E-state index is 13.5. The highest BCUT2D eigenvalue weighted by molar-refractivity contribution is 5.75. The van der Waals surface area contributed by atoms with E-state index in [4.69, 9.17) is 9.72 Å². The highest BCUT2D eigenvalue weighted by Gasteiger charge is 2.49. The van der Waals surface area contributed by atoms with Crippen LogP contribution in [0.4, 0.5) is 24.9 Å². The maximum absolute atomic E-state index is 13.5. The van der Waals surface area contributed by atoms with E-state index in [1.807, 2.05) is 11.8 Å². The Kier molecular flexibility index (Phi) is 6.08. The van der Waals surface area contributed by atoms with Crippen molar-refractivity contribution in [3.63, 3.8) is 0 Å². The molecular formula is C25H31F3N8O2. The molecule has 0 amide bonds. The van der Waals surface area contributed by atoms with Gasteiger partial charge in [0.05, 0.1) is 6.20 Å². The first kappa shape index (κ1) is 25.1. The fraction of sp³-hybridized carbons (Fsp3) is 0.640. The van der Waals surface area contributed by atoms with Gasteiger partial charge < -0.3 is 14.5 Å². The molecule has 3 aromatic rings. The lowest BCUT2D eigenvalue weighted by molar-refractivity contribution is -0.141.